The number of hydrogen-bond acceptors (Lipinski definition) is 3. The Balaban J connectivity index is 2.17. The Morgan fingerprint density at radius 3 is 2.05 bits per heavy atom. The lowest BCUT2D eigenvalue weighted by Gasteiger charge is -2.21. The van der Waals surface area contributed by atoms with Gasteiger partial charge in [-0.3, -0.25) is 0 Å². The van der Waals surface area contributed by atoms with E-state index in [0.29, 0.717) is 5.56 Å². The van der Waals surface area contributed by atoms with Crippen LogP contribution in [0.5, 0.6) is 0 Å². The van der Waals surface area contributed by atoms with Crippen molar-refractivity contribution >= 4 is 5.97 Å². The van der Waals surface area contributed by atoms with Gasteiger partial charge in [0, 0.05) is 6.04 Å². The van der Waals surface area contributed by atoms with Gasteiger partial charge in [0.1, 0.15) is 6.10 Å². The first-order chi connectivity index (χ1) is 9.18. The van der Waals surface area contributed by atoms with E-state index in [1.807, 2.05) is 43.3 Å². The van der Waals surface area contributed by atoms with Crippen LogP contribution in [-0.2, 0) is 4.74 Å². The maximum atomic E-state index is 12.1. The molecule has 0 heterocycles. The van der Waals surface area contributed by atoms with Crippen LogP contribution in [0.1, 0.15) is 28.9 Å². The number of esters is 1. The third-order valence-corrected chi connectivity index (χ3v) is 2.85. The highest BCUT2D eigenvalue weighted by Crippen LogP contribution is 2.21. The quantitative estimate of drug-likeness (QED) is 0.855. The normalized spacial score (nSPS) is 13.6. The second-order valence-corrected chi connectivity index (χ2v) is 4.46. The summed E-state index contributed by atoms with van der Waals surface area (Å²) in [4.78, 5) is 12.1. The van der Waals surface area contributed by atoms with Crippen LogP contribution in [0.4, 0.5) is 0 Å². The fraction of sp³-hybridized carbons (Fsp3) is 0.188. The zero-order valence-corrected chi connectivity index (χ0v) is 10.8. The van der Waals surface area contributed by atoms with Crippen molar-refractivity contribution in [3.63, 3.8) is 0 Å². The molecule has 0 radical (unpaired) electrons. The Hall–Kier alpha value is -2.13. The molecule has 0 amide bonds. The Bertz CT molecular complexity index is 523. The van der Waals surface area contributed by atoms with Gasteiger partial charge in [-0.25, -0.2) is 4.79 Å². The van der Waals surface area contributed by atoms with E-state index in [-0.39, 0.29) is 12.0 Å². The molecule has 0 saturated heterocycles. The molecule has 0 spiro atoms. The van der Waals surface area contributed by atoms with E-state index in [9.17, 15) is 4.79 Å². The minimum absolute atomic E-state index is 0.268. The Morgan fingerprint density at radius 2 is 1.53 bits per heavy atom. The van der Waals surface area contributed by atoms with Crippen LogP contribution in [0.15, 0.2) is 60.7 Å². The zero-order valence-electron chi connectivity index (χ0n) is 10.8. The second-order valence-electron chi connectivity index (χ2n) is 4.46. The Kier molecular flexibility index (Phi) is 4.31. The molecule has 0 aromatic heterocycles. The first-order valence-corrected chi connectivity index (χ1v) is 6.25. The Morgan fingerprint density at radius 1 is 1.00 bits per heavy atom. The number of carbonyl (C=O) groups is 1. The summed E-state index contributed by atoms with van der Waals surface area (Å²) in [6.45, 7) is 1.83. The van der Waals surface area contributed by atoms with Crippen molar-refractivity contribution in [3.05, 3.63) is 71.8 Å². The summed E-state index contributed by atoms with van der Waals surface area (Å²) in [6, 6.07) is 18.2. The van der Waals surface area contributed by atoms with E-state index in [1.54, 1.807) is 24.3 Å². The van der Waals surface area contributed by atoms with Crippen LogP contribution < -0.4 is 5.73 Å². The molecular weight excluding hydrogens is 238 g/mol. The molecule has 19 heavy (non-hydrogen) atoms. The van der Waals surface area contributed by atoms with Crippen molar-refractivity contribution < 1.29 is 9.53 Å². The van der Waals surface area contributed by atoms with Gasteiger partial charge in [0.15, 0.2) is 0 Å². The summed E-state index contributed by atoms with van der Waals surface area (Å²) >= 11 is 0. The minimum atomic E-state index is -0.436. The van der Waals surface area contributed by atoms with Gasteiger partial charge in [0.2, 0.25) is 0 Å². The number of rotatable bonds is 4. The second kappa shape index (κ2) is 6.16. The highest BCUT2D eigenvalue weighted by Gasteiger charge is 2.21. The molecule has 98 valence electrons. The lowest BCUT2D eigenvalue weighted by atomic mass is 10.0. The van der Waals surface area contributed by atoms with Gasteiger partial charge in [-0.05, 0) is 24.6 Å². The van der Waals surface area contributed by atoms with Crippen LogP contribution in [-0.4, -0.2) is 12.0 Å². The van der Waals surface area contributed by atoms with Crippen molar-refractivity contribution in [1.82, 2.24) is 0 Å². The van der Waals surface area contributed by atoms with Crippen LogP contribution in [0.25, 0.3) is 0 Å². The van der Waals surface area contributed by atoms with Crippen LogP contribution >= 0.6 is 0 Å². The van der Waals surface area contributed by atoms with Crippen molar-refractivity contribution in [3.8, 4) is 0 Å². The summed E-state index contributed by atoms with van der Waals surface area (Å²) in [6.07, 6.45) is -0.436. The van der Waals surface area contributed by atoms with Gasteiger partial charge < -0.3 is 10.5 Å². The minimum Gasteiger partial charge on any atom is -0.452 e. The molecule has 0 aliphatic carbocycles. The molecule has 2 aromatic carbocycles. The maximum Gasteiger partial charge on any atom is 0.338 e. The maximum absolute atomic E-state index is 12.1. The van der Waals surface area contributed by atoms with Crippen molar-refractivity contribution in [2.75, 3.05) is 0 Å². The molecule has 2 aromatic rings. The van der Waals surface area contributed by atoms with E-state index in [0.717, 1.165) is 5.56 Å². The average molecular weight is 255 g/mol. The van der Waals surface area contributed by atoms with Crippen molar-refractivity contribution in [2.24, 2.45) is 5.73 Å². The molecular formula is C16H17NO2. The average Bonchev–Trinajstić information content (AvgIpc) is 2.46. The van der Waals surface area contributed by atoms with E-state index in [2.05, 4.69) is 0 Å². The largest absolute Gasteiger partial charge is 0.452 e. The highest BCUT2D eigenvalue weighted by atomic mass is 16.5. The summed E-state index contributed by atoms with van der Waals surface area (Å²) in [5, 5.41) is 0. The van der Waals surface area contributed by atoms with Gasteiger partial charge in [0.25, 0.3) is 0 Å². The van der Waals surface area contributed by atoms with Gasteiger partial charge in [0.05, 0.1) is 5.56 Å². The summed E-state index contributed by atoms with van der Waals surface area (Å²) in [5.74, 6) is -0.355. The fourth-order valence-electron chi connectivity index (χ4n) is 1.88. The summed E-state index contributed by atoms with van der Waals surface area (Å²) in [7, 11) is 0. The summed E-state index contributed by atoms with van der Waals surface area (Å²) in [5.41, 5.74) is 7.35. The predicted octanol–water partition coefficient (Wildman–Crippen LogP) is 2.93. The summed E-state index contributed by atoms with van der Waals surface area (Å²) < 4.78 is 5.52. The lowest BCUT2D eigenvalue weighted by molar-refractivity contribution is 0.0246. The van der Waals surface area contributed by atoms with E-state index in [4.69, 9.17) is 10.5 Å². The third kappa shape index (κ3) is 3.42. The smallest absolute Gasteiger partial charge is 0.338 e. The molecule has 0 fully saturated rings. The molecule has 0 aliphatic rings. The molecule has 0 aliphatic heterocycles. The van der Waals surface area contributed by atoms with Crippen molar-refractivity contribution in [1.29, 1.82) is 0 Å². The first-order valence-electron chi connectivity index (χ1n) is 6.25. The van der Waals surface area contributed by atoms with Crippen molar-refractivity contribution in [2.45, 2.75) is 19.1 Å². The molecule has 2 atom stereocenters. The molecule has 0 saturated carbocycles. The van der Waals surface area contributed by atoms with Gasteiger partial charge in [-0.15, -0.1) is 0 Å². The lowest BCUT2D eigenvalue weighted by Crippen LogP contribution is -2.28. The first kappa shape index (κ1) is 13.3. The van der Waals surface area contributed by atoms with E-state index < -0.39 is 6.10 Å². The topological polar surface area (TPSA) is 52.3 Å². The molecule has 0 unspecified atom stereocenters. The standard InChI is InChI=1S/C16H17NO2/c1-12(17)15(13-8-4-2-5-9-13)19-16(18)14-10-6-3-7-11-14/h2-12,15H,17H2,1H3/t12-,15-/m1/s1. The molecule has 3 heteroatoms. The molecule has 3 nitrogen and oxygen atoms in total. The SMILES string of the molecule is C[C@@H](N)[C@@H](OC(=O)c1ccccc1)c1ccccc1. The monoisotopic (exact) mass is 255 g/mol. The van der Waals surface area contributed by atoms with E-state index >= 15 is 0 Å². The molecule has 2 rings (SSSR count). The van der Waals surface area contributed by atoms with Crippen LogP contribution in [0.2, 0.25) is 0 Å². The number of benzene rings is 2. The third-order valence-electron chi connectivity index (χ3n) is 2.85. The number of nitrogens with two attached hydrogens (primary N) is 1. The van der Waals surface area contributed by atoms with Crippen LogP contribution in [0, 0.1) is 0 Å². The zero-order chi connectivity index (χ0) is 13.7. The molecule has 0 bridgehead atoms. The number of carbonyl (C=O) groups excluding carboxylic acids is 1. The van der Waals surface area contributed by atoms with Gasteiger partial charge in [-0.1, -0.05) is 48.5 Å². The number of ether oxygens (including phenoxy) is 1. The fourth-order valence-corrected chi connectivity index (χ4v) is 1.88. The Labute approximate surface area is 113 Å². The highest BCUT2D eigenvalue weighted by molar-refractivity contribution is 5.89. The van der Waals surface area contributed by atoms with E-state index in [1.165, 1.54) is 0 Å². The predicted molar refractivity (Wildman–Crippen MR) is 74.7 cm³/mol. The number of hydrogen-bond donors (Lipinski definition) is 1. The van der Waals surface area contributed by atoms with Crippen LogP contribution in [0.3, 0.4) is 0 Å². The van der Waals surface area contributed by atoms with Gasteiger partial charge >= 0.3 is 5.97 Å². The van der Waals surface area contributed by atoms with Gasteiger partial charge in [-0.2, -0.15) is 0 Å². The molecule has 2 N–H and O–H groups in total.